The number of hydrogen-bond donors (Lipinski definition) is 0. The molecule has 1 aliphatic heterocycles. The van der Waals surface area contributed by atoms with E-state index < -0.39 is 20.0 Å². The van der Waals surface area contributed by atoms with E-state index in [1.165, 1.54) is 95.9 Å². The Hall–Kier alpha value is -2.19. The van der Waals surface area contributed by atoms with Crippen LogP contribution in [0.5, 0.6) is 0 Å². The summed E-state index contributed by atoms with van der Waals surface area (Å²) in [6.07, 6.45) is 16.3. The van der Waals surface area contributed by atoms with Crippen LogP contribution in [0.1, 0.15) is 200 Å². The van der Waals surface area contributed by atoms with Gasteiger partial charge in [0.05, 0.1) is 0 Å². The molecule has 1 saturated heterocycles. The van der Waals surface area contributed by atoms with Crippen LogP contribution in [0.2, 0.25) is 7.35 Å². The Morgan fingerprint density at radius 2 is 0.803 bits per heavy atom. The van der Waals surface area contributed by atoms with Crippen molar-refractivity contribution >= 4 is 12.2 Å². The third-order valence-corrected chi connectivity index (χ3v) is 40.2. The second-order valence-electron chi connectivity index (χ2n) is 23.5. The molecule has 326 valence electrons. The summed E-state index contributed by atoms with van der Waals surface area (Å²) in [5, 5.41) is 0. The topological polar surface area (TPSA) is 0 Å². The minimum absolute atomic E-state index is 0. The zero-order valence-corrected chi connectivity index (χ0v) is 45.4. The summed E-state index contributed by atoms with van der Waals surface area (Å²) >= 11 is -3.38. The first-order valence-electron chi connectivity index (χ1n) is 23.7. The summed E-state index contributed by atoms with van der Waals surface area (Å²) < 4.78 is 3.33. The Bertz CT molecular complexity index is 2100. The molecule has 4 aliphatic rings. The van der Waals surface area contributed by atoms with Crippen molar-refractivity contribution in [3.05, 3.63) is 128 Å². The Kier molecular flexibility index (Phi) is 13.7. The van der Waals surface area contributed by atoms with Gasteiger partial charge in [-0.3, -0.25) is 0 Å². The maximum absolute atomic E-state index is 3.38. The van der Waals surface area contributed by atoms with Crippen LogP contribution in [0.15, 0.2) is 83.9 Å². The van der Waals surface area contributed by atoms with E-state index in [1.54, 1.807) is 22.3 Å². The third-order valence-electron chi connectivity index (χ3n) is 15.3. The molecule has 0 radical (unpaired) electrons. The second kappa shape index (κ2) is 17.3. The summed E-state index contributed by atoms with van der Waals surface area (Å²) in [6, 6.07) is 30.2. The average molecular weight is 1020 g/mol. The van der Waals surface area contributed by atoms with Crippen molar-refractivity contribution in [1.82, 2.24) is 0 Å². The van der Waals surface area contributed by atoms with Gasteiger partial charge in [-0.25, -0.2) is 0 Å². The fraction of sp³-hybridized carbons (Fsp3) is 0.517. The zero-order chi connectivity index (χ0) is 42.4. The molecule has 2 fully saturated rings. The summed E-state index contributed by atoms with van der Waals surface area (Å²) in [6.45, 7) is 33.5. The summed E-state index contributed by atoms with van der Waals surface area (Å²) in [5.74, 6) is 0. The molecule has 0 spiro atoms. The Morgan fingerprint density at radius 3 is 1.10 bits per heavy atom. The van der Waals surface area contributed by atoms with Crippen LogP contribution in [-0.2, 0) is 41.6 Å². The van der Waals surface area contributed by atoms with Gasteiger partial charge in [0.2, 0.25) is 0 Å². The van der Waals surface area contributed by atoms with E-state index in [0.717, 1.165) is 7.35 Å². The van der Waals surface area contributed by atoms with Crippen LogP contribution in [0.3, 0.4) is 0 Å². The van der Waals surface area contributed by atoms with Crippen LogP contribution >= 0.6 is 0 Å². The van der Waals surface area contributed by atoms with Gasteiger partial charge in [0, 0.05) is 0 Å². The molecular formula is C58H76Cl2Hf. The molecule has 4 atom stereocenters. The van der Waals surface area contributed by atoms with Gasteiger partial charge in [-0.1, -0.05) is 0 Å². The van der Waals surface area contributed by atoms with Crippen LogP contribution < -0.4 is 24.8 Å². The standard InChI is InChI=1S/2C26H33.C6H10.2ClH.Hf/c2*1-8-10-18-13-19-11-9-12-23(24(19)14-18)20-15-21(25(2,3)4)17-22(16-20)26(5,6)7;1-2-4-6-5-3-1;;;/h2*9,11-17H,8,10H2,1-7H3;1-2H,3-6H2;2*1H;/q;;;;;+2/p-2. The maximum atomic E-state index is 2.77. The van der Waals surface area contributed by atoms with Crippen molar-refractivity contribution in [3.63, 3.8) is 0 Å². The van der Waals surface area contributed by atoms with Crippen LogP contribution in [0, 0.1) is 0 Å². The van der Waals surface area contributed by atoms with E-state index in [0.29, 0.717) is 7.35 Å². The first kappa shape index (κ1) is 48.3. The Morgan fingerprint density at radius 1 is 0.475 bits per heavy atom. The molecule has 3 heteroatoms. The van der Waals surface area contributed by atoms with E-state index in [9.17, 15) is 0 Å². The quantitative estimate of drug-likeness (QED) is 0.154. The fourth-order valence-electron chi connectivity index (χ4n) is 12.2. The van der Waals surface area contributed by atoms with Gasteiger partial charge in [0.1, 0.15) is 0 Å². The van der Waals surface area contributed by atoms with Crippen LogP contribution in [-0.4, -0.2) is 0 Å². The van der Waals surface area contributed by atoms with Gasteiger partial charge in [-0.2, -0.15) is 0 Å². The molecule has 0 nitrogen and oxygen atoms in total. The average Bonchev–Trinajstić information content (AvgIpc) is 3.43. The maximum Gasteiger partial charge on any atom is -1.00 e. The number of hydrogen-bond acceptors (Lipinski definition) is 0. The minimum atomic E-state index is -3.38. The second-order valence-corrected chi connectivity index (χ2v) is 40.2. The number of benzene rings is 4. The van der Waals surface area contributed by atoms with Crippen LogP contribution in [0.4, 0.5) is 0 Å². The fourth-order valence-corrected chi connectivity index (χ4v) is 47.6. The predicted octanol–water partition coefficient (Wildman–Crippen LogP) is 11.7. The molecule has 0 N–H and O–H groups in total. The van der Waals surface area contributed by atoms with Gasteiger partial charge >= 0.3 is 367 Å². The number of halogens is 2. The van der Waals surface area contributed by atoms with E-state index in [1.807, 2.05) is 11.1 Å². The van der Waals surface area contributed by atoms with Gasteiger partial charge in [0.25, 0.3) is 0 Å². The van der Waals surface area contributed by atoms with E-state index >= 15 is 0 Å². The van der Waals surface area contributed by atoms with E-state index in [-0.39, 0.29) is 46.5 Å². The molecule has 4 unspecified atom stereocenters. The molecule has 0 aromatic heterocycles. The molecule has 1 saturated carbocycles. The molecular weight excluding hydrogens is 946 g/mol. The Balaban J connectivity index is 0.00000311. The van der Waals surface area contributed by atoms with Crippen molar-refractivity contribution in [1.29, 1.82) is 0 Å². The summed E-state index contributed by atoms with van der Waals surface area (Å²) in [4.78, 5) is 0. The van der Waals surface area contributed by atoms with Gasteiger partial charge in [-0.05, 0) is 0 Å². The van der Waals surface area contributed by atoms with Crippen molar-refractivity contribution in [2.45, 2.75) is 185 Å². The van der Waals surface area contributed by atoms with E-state index in [2.05, 4.69) is 182 Å². The molecule has 0 bridgehead atoms. The Labute approximate surface area is 389 Å². The normalized spacial score (nSPS) is 22.2. The largest absolute Gasteiger partial charge is 1.00 e. The minimum Gasteiger partial charge on any atom is -1.00 e. The third kappa shape index (κ3) is 8.59. The predicted molar refractivity (Wildman–Crippen MR) is 256 cm³/mol. The zero-order valence-electron chi connectivity index (χ0n) is 40.3. The number of fused-ring (bicyclic) bond motifs is 3. The number of rotatable bonds is 8. The SMILES string of the molecule is CCCC1=Cc2c(-c3cc(C(C)(C)C)cc(C(C)(C)C)c3)cccc2[CH]1[Hf+2]1([CH]2C(CCC)=Cc3c(-c4cc(C(C)(C)C)cc(C(C)(C)C)c4)cccc32)[CH]2CCCC[CH]21.[Cl-].[Cl-]. The van der Waals surface area contributed by atoms with Crippen molar-refractivity contribution < 1.29 is 44.8 Å². The monoisotopic (exact) mass is 1020 g/mol. The summed E-state index contributed by atoms with van der Waals surface area (Å²) in [7, 11) is 0. The smallest absolute Gasteiger partial charge is 1.00 e. The first-order chi connectivity index (χ1) is 27.7. The molecule has 61 heavy (non-hydrogen) atoms. The molecule has 4 aromatic rings. The van der Waals surface area contributed by atoms with Crippen molar-refractivity contribution in [3.8, 4) is 22.3 Å². The summed E-state index contributed by atoms with van der Waals surface area (Å²) in [5.41, 5.74) is 22.1. The van der Waals surface area contributed by atoms with Crippen LogP contribution in [0.25, 0.3) is 34.4 Å². The van der Waals surface area contributed by atoms with Crippen molar-refractivity contribution in [2.75, 3.05) is 0 Å². The van der Waals surface area contributed by atoms with E-state index in [4.69, 9.17) is 0 Å². The molecule has 4 aromatic carbocycles. The molecule has 3 aliphatic carbocycles. The molecule has 8 rings (SSSR count). The van der Waals surface area contributed by atoms with Gasteiger partial charge in [-0.15, -0.1) is 0 Å². The van der Waals surface area contributed by atoms with Gasteiger partial charge < -0.3 is 24.8 Å². The number of allylic oxidation sites excluding steroid dienone is 2. The first-order valence-corrected chi connectivity index (χ1v) is 32.0. The molecule has 1 heterocycles. The van der Waals surface area contributed by atoms with Gasteiger partial charge in [0.15, 0.2) is 0 Å². The molecule has 0 amide bonds. The van der Waals surface area contributed by atoms with Crippen molar-refractivity contribution in [2.24, 2.45) is 0 Å².